The minimum absolute atomic E-state index is 0.0680. The van der Waals surface area contributed by atoms with Crippen molar-refractivity contribution in [2.45, 2.75) is 19.0 Å². The summed E-state index contributed by atoms with van der Waals surface area (Å²) in [5.74, 6) is 0.682. The molecule has 1 aliphatic rings. The number of hydrogen-bond donors (Lipinski definition) is 2. The van der Waals surface area contributed by atoms with E-state index in [0.29, 0.717) is 17.9 Å². The molecule has 9 nitrogen and oxygen atoms in total. The van der Waals surface area contributed by atoms with Gasteiger partial charge in [0.2, 0.25) is 5.88 Å². The average Bonchev–Trinajstić information content (AvgIpc) is 3.05. The molecule has 2 heterocycles. The monoisotopic (exact) mass is 451 g/mol. The summed E-state index contributed by atoms with van der Waals surface area (Å²) in [6.45, 7) is 0.287. The molecule has 0 unspecified atom stereocenters. The summed E-state index contributed by atoms with van der Waals surface area (Å²) in [6, 6.07) is 4.86. The minimum Gasteiger partial charge on any atom is -0.494 e. The Morgan fingerprint density at radius 3 is 2.70 bits per heavy atom. The maximum atomic E-state index is 12.2. The van der Waals surface area contributed by atoms with Crippen LogP contribution in [0, 0.1) is 4.77 Å². The summed E-state index contributed by atoms with van der Waals surface area (Å²) >= 11 is 5.18. The smallest absolute Gasteiger partial charge is 0.264 e. The van der Waals surface area contributed by atoms with Gasteiger partial charge in [-0.05, 0) is 42.4 Å². The molecular formula is C19H21N3O6S2. The van der Waals surface area contributed by atoms with Crippen LogP contribution < -0.4 is 15.0 Å². The van der Waals surface area contributed by atoms with E-state index < -0.39 is 21.4 Å². The highest BCUT2D eigenvalue weighted by atomic mass is 32.2. The molecule has 0 bridgehead atoms. The lowest BCUT2D eigenvalue weighted by Gasteiger charge is -2.13. The molecule has 3 rings (SSSR count). The molecule has 0 amide bonds. The van der Waals surface area contributed by atoms with Gasteiger partial charge in [0, 0.05) is 18.2 Å². The normalized spacial score (nSPS) is 17.5. The van der Waals surface area contributed by atoms with E-state index in [1.807, 2.05) is 12.1 Å². The first kappa shape index (κ1) is 21.8. The second-order valence-corrected chi connectivity index (χ2v) is 8.91. The summed E-state index contributed by atoms with van der Waals surface area (Å²) in [4.78, 5) is 18.8. The summed E-state index contributed by atoms with van der Waals surface area (Å²) < 4.78 is 34.9. The van der Waals surface area contributed by atoms with Crippen LogP contribution in [-0.2, 0) is 22.8 Å². The van der Waals surface area contributed by atoms with E-state index in [0.717, 1.165) is 11.0 Å². The molecule has 0 aliphatic carbocycles. The zero-order valence-corrected chi connectivity index (χ0v) is 18.0. The van der Waals surface area contributed by atoms with Gasteiger partial charge in [0.05, 0.1) is 26.0 Å². The maximum absolute atomic E-state index is 12.2. The Morgan fingerprint density at radius 2 is 2.07 bits per heavy atom. The number of nitrogens with zero attached hydrogens (tertiary/aromatic N) is 2. The van der Waals surface area contributed by atoms with Crippen molar-refractivity contribution in [2.24, 2.45) is 4.99 Å². The van der Waals surface area contributed by atoms with Gasteiger partial charge in [-0.25, -0.2) is 8.42 Å². The first-order chi connectivity index (χ1) is 14.2. The first-order valence-corrected chi connectivity index (χ1v) is 11.1. The molecule has 1 aliphatic heterocycles. The number of benzene rings is 1. The van der Waals surface area contributed by atoms with Crippen molar-refractivity contribution >= 4 is 28.3 Å². The number of rotatable bonds is 7. The average molecular weight is 452 g/mol. The second kappa shape index (κ2) is 8.84. The van der Waals surface area contributed by atoms with Crippen LogP contribution in [0.3, 0.4) is 0 Å². The van der Waals surface area contributed by atoms with Gasteiger partial charge in [-0.2, -0.15) is 0 Å². The Hall–Kier alpha value is -2.92. The maximum Gasteiger partial charge on any atom is 0.264 e. The molecule has 0 radical (unpaired) electrons. The summed E-state index contributed by atoms with van der Waals surface area (Å²) in [5, 5.41) is 11.7. The molecule has 0 saturated carbocycles. The number of aromatic amines is 1. The number of hydrogen-bond acceptors (Lipinski definition) is 8. The molecule has 1 aromatic carbocycles. The molecule has 160 valence electrons. The highest BCUT2D eigenvalue weighted by Crippen LogP contribution is 2.28. The van der Waals surface area contributed by atoms with Gasteiger partial charge in [-0.3, -0.25) is 19.3 Å². The lowest BCUT2D eigenvalue weighted by Crippen LogP contribution is -2.20. The Kier molecular flexibility index (Phi) is 6.42. The molecule has 11 heteroatoms. The van der Waals surface area contributed by atoms with E-state index in [9.17, 15) is 18.3 Å². The number of nitrogens with one attached hydrogen (secondary N) is 1. The van der Waals surface area contributed by atoms with E-state index in [-0.39, 0.29) is 28.5 Å². The SMILES string of the molecule is COc1ccc(CCn2c(O)c(C=N[C@H]3C=CS(=O)(=O)C3)c(=O)[nH]c2=S)cc1OC. The van der Waals surface area contributed by atoms with E-state index in [1.54, 1.807) is 20.3 Å². The molecule has 0 fully saturated rings. The third kappa shape index (κ3) is 4.79. The van der Waals surface area contributed by atoms with Crippen LogP contribution in [-0.4, -0.2) is 55.3 Å². The number of aromatic hydroxyl groups is 1. The van der Waals surface area contributed by atoms with Crippen molar-refractivity contribution in [3.05, 3.63) is 55.9 Å². The Morgan fingerprint density at radius 1 is 1.33 bits per heavy atom. The molecule has 0 saturated heterocycles. The number of aliphatic imine (C=N–C) groups is 1. The van der Waals surface area contributed by atoms with Gasteiger partial charge in [0.15, 0.2) is 26.1 Å². The number of methoxy groups -OCH3 is 2. The van der Waals surface area contributed by atoms with Crippen LogP contribution in [0.1, 0.15) is 11.1 Å². The predicted octanol–water partition coefficient (Wildman–Crippen LogP) is 1.60. The molecule has 30 heavy (non-hydrogen) atoms. The Labute approximate surface area is 178 Å². The van der Waals surface area contributed by atoms with Crippen molar-refractivity contribution in [3.63, 3.8) is 0 Å². The third-order valence-electron chi connectivity index (χ3n) is 4.59. The number of sulfone groups is 1. The van der Waals surface area contributed by atoms with Gasteiger partial charge in [-0.1, -0.05) is 6.07 Å². The van der Waals surface area contributed by atoms with E-state index in [1.165, 1.54) is 16.9 Å². The van der Waals surface area contributed by atoms with E-state index in [4.69, 9.17) is 21.7 Å². The standard InChI is InChI=1S/C19H21N3O6S2/c1-27-15-4-3-12(9-16(15)28-2)5-7-22-18(24)14(17(23)21-19(22)29)10-20-13-6-8-30(25,26)11-13/h3-4,6,8-10,13,24H,5,7,11H2,1-2H3,(H,21,23,29)/t13-/m0/s1. The Bertz CT molecular complexity index is 1230. The zero-order valence-electron chi connectivity index (χ0n) is 16.4. The van der Waals surface area contributed by atoms with Crippen molar-refractivity contribution < 1.29 is 23.0 Å². The number of ether oxygens (including phenoxy) is 2. The lowest BCUT2D eigenvalue weighted by molar-refractivity contribution is 0.354. The molecular weight excluding hydrogens is 430 g/mol. The van der Waals surface area contributed by atoms with Gasteiger partial charge in [0.1, 0.15) is 5.56 Å². The highest BCUT2D eigenvalue weighted by molar-refractivity contribution is 7.94. The fourth-order valence-corrected chi connectivity index (χ4v) is 4.47. The van der Waals surface area contributed by atoms with Crippen LogP contribution in [0.2, 0.25) is 0 Å². The van der Waals surface area contributed by atoms with Crippen molar-refractivity contribution in [2.75, 3.05) is 20.0 Å². The predicted molar refractivity (Wildman–Crippen MR) is 115 cm³/mol. The summed E-state index contributed by atoms with van der Waals surface area (Å²) in [5.41, 5.74) is 0.221. The largest absolute Gasteiger partial charge is 0.494 e. The molecule has 2 N–H and O–H groups in total. The number of aromatic nitrogens is 2. The van der Waals surface area contributed by atoms with Crippen molar-refractivity contribution in [3.8, 4) is 17.4 Å². The summed E-state index contributed by atoms with van der Waals surface area (Å²) in [7, 11) is -0.175. The van der Waals surface area contributed by atoms with Crippen LogP contribution >= 0.6 is 12.2 Å². The van der Waals surface area contributed by atoms with Crippen molar-refractivity contribution in [1.82, 2.24) is 9.55 Å². The third-order valence-corrected chi connectivity index (χ3v) is 6.29. The van der Waals surface area contributed by atoms with Crippen LogP contribution in [0.5, 0.6) is 17.4 Å². The van der Waals surface area contributed by atoms with Crippen molar-refractivity contribution in [1.29, 1.82) is 0 Å². The topological polar surface area (TPSA) is 123 Å². The molecule has 2 aromatic rings. The number of H-pyrrole nitrogens is 1. The quantitative estimate of drug-likeness (QED) is 0.484. The first-order valence-electron chi connectivity index (χ1n) is 8.95. The molecule has 0 spiro atoms. The number of aryl methyl sites for hydroxylation is 1. The van der Waals surface area contributed by atoms with Gasteiger partial charge < -0.3 is 14.6 Å². The van der Waals surface area contributed by atoms with E-state index in [2.05, 4.69) is 9.98 Å². The van der Waals surface area contributed by atoms with Gasteiger partial charge >= 0.3 is 0 Å². The second-order valence-electron chi connectivity index (χ2n) is 6.59. The summed E-state index contributed by atoms with van der Waals surface area (Å²) in [6.07, 6.45) is 3.10. The molecule has 1 aromatic heterocycles. The lowest BCUT2D eigenvalue weighted by atomic mass is 10.1. The Balaban J connectivity index is 1.84. The minimum atomic E-state index is -3.27. The highest BCUT2D eigenvalue weighted by Gasteiger charge is 2.21. The zero-order chi connectivity index (χ0) is 21.9. The fourth-order valence-electron chi connectivity index (χ4n) is 3.00. The van der Waals surface area contributed by atoms with Crippen LogP contribution in [0.4, 0.5) is 0 Å². The van der Waals surface area contributed by atoms with Crippen LogP contribution in [0.15, 0.2) is 39.5 Å². The van der Waals surface area contributed by atoms with Gasteiger partial charge in [-0.15, -0.1) is 0 Å². The fraction of sp³-hybridized carbons (Fsp3) is 0.316. The molecule has 1 atom stereocenters. The van der Waals surface area contributed by atoms with Gasteiger partial charge in [0.25, 0.3) is 5.56 Å². The van der Waals surface area contributed by atoms with E-state index >= 15 is 0 Å². The van der Waals surface area contributed by atoms with Crippen LogP contribution in [0.25, 0.3) is 0 Å².